The van der Waals surface area contributed by atoms with E-state index in [1.165, 1.54) is 6.20 Å². The molecular formula is C7H11N3O3S. The number of aliphatic hydroxyl groups is 1. The maximum atomic E-state index is 10.3. The van der Waals surface area contributed by atoms with Gasteiger partial charge in [-0.1, -0.05) is 0 Å². The van der Waals surface area contributed by atoms with E-state index in [0.29, 0.717) is 11.7 Å². The van der Waals surface area contributed by atoms with Crippen molar-refractivity contribution in [2.45, 2.75) is 12.8 Å². The zero-order valence-electron chi connectivity index (χ0n) is 7.47. The van der Waals surface area contributed by atoms with Gasteiger partial charge < -0.3 is 10.4 Å². The van der Waals surface area contributed by atoms with E-state index in [9.17, 15) is 10.1 Å². The number of hydrogen-bond acceptors (Lipinski definition) is 6. The summed E-state index contributed by atoms with van der Waals surface area (Å²) in [6, 6.07) is 0. The second kappa shape index (κ2) is 5.51. The third-order valence-electron chi connectivity index (χ3n) is 1.53. The molecule has 0 aliphatic carbocycles. The fourth-order valence-corrected chi connectivity index (χ4v) is 1.52. The first-order valence-electron chi connectivity index (χ1n) is 4.19. The number of anilines is 1. The summed E-state index contributed by atoms with van der Waals surface area (Å²) >= 11 is 1.02. The lowest BCUT2D eigenvalue weighted by atomic mass is 10.3. The van der Waals surface area contributed by atoms with Crippen LogP contribution in [-0.4, -0.2) is 28.2 Å². The van der Waals surface area contributed by atoms with Gasteiger partial charge in [0.1, 0.15) is 6.20 Å². The van der Waals surface area contributed by atoms with Crippen molar-refractivity contribution >= 4 is 21.5 Å². The Labute approximate surface area is 84.7 Å². The lowest BCUT2D eigenvalue weighted by Crippen LogP contribution is -2.01. The Bertz CT molecular complexity index is 302. The second-order valence-electron chi connectivity index (χ2n) is 2.62. The van der Waals surface area contributed by atoms with Crippen molar-refractivity contribution in [1.82, 2.24) is 4.98 Å². The van der Waals surface area contributed by atoms with E-state index < -0.39 is 4.92 Å². The summed E-state index contributed by atoms with van der Waals surface area (Å²) in [6.07, 6.45) is 2.78. The first-order chi connectivity index (χ1) is 6.74. The van der Waals surface area contributed by atoms with Gasteiger partial charge in [0.25, 0.3) is 0 Å². The Morgan fingerprint density at radius 2 is 2.43 bits per heavy atom. The second-order valence-corrected chi connectivity index (χ2v) is 3.63. The van der Waals surface area contributed by atoms with Gasteiger partial charge in [-0.15, -0.1) is 0 Å². The highest BCUT2D eigenvalue weighted by molar-refractivity contribution is 7.18. The minimum Gasteiger partial charge on any atom is -0.396 e. The largest absolute Gasteiger partial charge is 0.396 e. The van der Waals surface area contributed by atoms with Crippen molar-refractivity contribution in [3.05, 3.63) is 16.3 Å². The molecule has 1 rings (SSSR count). The summed E-state index contributed by atoms with van der Waals surface area (Å²) in [5, 5.41) is 22.3. The van der Waals surface area contributed by atoms with Crippen LogP contribution in [0.3, 0.4) is 0 Å². The Balaban J connectivity index is 2.33. The zero-order valence-corrected chi connectivity index (χ0v) is 8.29. The Kier molecular flexibility index (Phi) is 4.27. The predicted molar refractivity (Wildman–Crippen MR) is 53.6 cm³/mol. The van der Waals surface area contributed by atoms with Gasteiger partial charge in [-0.2, -0.15) is 0 Å². The van der Waals surface area contributed by atoms with Gasteiger partial charge in [-0.3, -0.25) is 10.1 Å². The van der Waals surface area contributed by atoms with Gasteiger partial charge in [-0.25, -0.2) is 4.98 Å². The number of aliphatic hydroxyl groups excluding tert-OH is 1. The van der Waals surface area contributed by atoms with Crippen molar-refractivity contribution < 1.29 is 10.0 Å². The topological polar surface area (TPSA) is 88.3 Å². The maximum absolute atomic E-state index is 10.3. The molecule has 78 valence electrons. The fourth-order valence-electron chi connectivity index (χ4n) is 0.864. The number of nitro groups is 1. The molecule has 0 saturated carbocycles. The highest BCUT2D eigenvalue weighted by Crippen LogP contribution is 2.24. The molecule has 0 unspecified atom stereocenters. The molecule has 0 saturated heterocycles. The number of hydrogen-bond donors (Lipinski definition) is 2. The smallest absolute Gasteiger partial charge is 0.345 e. The zero-order chi connectivity index (χ0) is 10.4. The van der Waals surface area contributed by atoms with Crippen LogP contribution in [-0.2, 0) is 0 Å². The molecule has 0 bridgehead atoms. The summed E-state index contributed by atoms with van der Waals surface area (Å²) in [7, 11) is 0. The standard InChI is InChI=1S/C7H11N3O3S/c11-4-2-1-3-8-7-9-5-6(14-7)10(12)13/h5,11H,1-4H2,(H,8,9). The SMILES string of the molecule is O=[N+]([O-])c1cnc(NCCCCO)s1. The fraction of sp³-hybridized carbons (Fsp3) is 0.571. The number of unbranched alkanes of at least 4 members (excludes halogenated alkanes) is 1. The van der Waals surface area contributed by atoms with E-state index in [2.05, 4.69) is 10.3 Å². The van der Waals surface area contributed by atoms with Crippen LogP contribution in [0.5, 0.6) is 0 Å². The molecule has 0 aliphatic rings. The summed E-state index contributed by atoms with van der Waals surface area (Å²) in [5.74, 6) is 0. The highest BCUT2D eigenvalue weighted by Gasteiger charge is 2.10. The number of rotatable bonds is 6. The molecule has 0 aliphatic heterocycles. The minimum atomic E-state index is -0.462. The first-order valence-corrected chi connectivity index (χ1v) is 5.00. The number of thiazole rings is 1. The highest BCUT2D eigenvalue weighted by atomic mass is 32.1. The molecule has 0 spiro atoms. The Morgan fingerprint density at radius 3 is 3.00 bits per heavy atom. The molecule has 0 atom stereocenters. The maximum Gasteiger partial charge on any atom is 0.345 e. The Morgan fingerprint density at radius 1 is 1.64 bits per heavy atom. The van der Waals surface area contributed by atoms with Crippen LogP contribution < -0.4 is 5.32 Å². The lowest BCUT2D eigenvalue weighted by molar-refractivity contribution is -0.380. The molecular weight excluding hydrogens is 206 g/mol. The molecule has 14 heavy (non-hydrogen) atoms. The van der Waals surface area contributed by atoms with Gasteiger partial charge in [0.05, 0.1) is 4.92 Å². The van der Waals surface area contributed by atoms with Crippen LogP contribution in [0, 0.1) is 10.1 Å². The van der Waals surface area contributed by atoms with E-state index >= 15 is 0 Å². The first kappa shape index (κ1) is 10.9. The third kappa shape index (κ3) is 3.27. The average Bonchev–Trinajstić information content (AvgIpc) is 2.61. The summed E-state index contributed by atoms with van der Waals surface area (Å²) in [5.41, 5.74) is 0. The van der Waals surface area contributed by atoms with E-state index in [1.54, 1.807) is 0 Å². The van der Waals surface area contributed by atoms with Crippen molar-refractivity contribution in [2.24, 2.45) is 0 Å². The monoisotopic (exact) mass is 217 g/mol. The molecule has 0 amide bonds. The Hall–Kier alpha value is -1.21. The van der Waals surface area contributed by atoms with Crippen molar-refractivity contribution in [3.63, 3.8) is 0 Å². The molecule has 1 aromatic rings. The van der Waals surface area contributed by atoms with Crippen LogP contribution in [0.2, 0.25) is 0 Å². The van der Waals surface area contributed by atoms with Crippen LogP contribution in [0.15, 0.2) is 6.20 Å². The molecule has 6 nitrogen and oxygen atoms in total. The van der Waals surface area contributed by atoms with E-state index in [-0.39, 0.29) is 11.6 Å². The molecule has 1 aromatic heterocycles. The van der Waals surface area contributed by atoms with Crippen LogP contribution >= 0.6 is 11.3 Å². The van der Waals surface area contributed by atoms with Crippen LogP contribution in [0.1, 0.15) is 12.8 Å². The molecule has 2 N–H and O–H groups in total. The van der Waals surface area contributed by atoms with Gasteiger partial charge in [0, 0.05) is 13.2 Å². The van der Waals surface area contributed by atoms with Gasteiger partial charge in [-0.05, 0) is 24.2 Å². The van der Waals surface area contributed by atoms with E-state index in [1.807, 2.05) is 0 Å². The predicted octanol–water partition coefficient (Wildman–Crippen LogP) is 1.24. The molecule has 0 radical (unpaired) electrons. The van der Waals surface area contributed by atoms with Gasteiger partial charge in [0.2, 0.25) is 0 Å². The average molecular weight is 217 g/mol. The number of nitrogens with zero attached hydrogens (tertiary/aromatic N) is 2. The van der Waals surface area contributed by atoms with E-state index in [4.69, 9.17) is 5.11 Å². The van der Waals surface area contributed by atoms with Crippen LogP contribution in [0.25, 0.3) is 0 Å². The summed E-state index contributed by atoms with van der Waals surface area (Å²) in [6.45, 7) is 0.838. The van der Waals surface area contributed by atoms with Crippen molar-refractivity contribution in [3.8, 4) is 0 Å². The molecule has 0 aromatic carbocycles. The lowest BCUT2D eigenvalue weighted by Gasteiger charge is -1.99. The normalized spacial score (nSPS) is 10.1. The van der Waals surface area contributed by atoms with Crippen molar-refractivity contribution in [2.75, 3.05) is 18.5 Å². The number of aromatic nitrogens is 1. The van der Waals surface area contributed by atoms with Crippen LogP contribution in [0.4, 0.5) is 10.1 Å². The molecule has 1 heterocycles. The third-order valence-corrected chi connectivity index (χ3v) is 2.44. The summed E-state index contributed by atoms with van der Waals surface area (Å²) < 4.78 is 0. The molecule has 7 heteroatoms. The molecule has 0 fully saturated rings. The number of nitrogens with one attached hydrogen (secondary N) is 1. The van der Waals surface area contributed by atoms with E-state index in [0.717, 1.165) is 24.2 Å². The van der Waals surface area contributed by atoms with Gasteiger partial charge in [0.15, 0.2) is 5.13 Å². The summed E-state index contributed by atoms with van der Waals surface area (Å²) in [4.78, 5) is 13.7. The van der Waals surface area contributed by atoms with Gasteiger partial charge >= 0.3 is 5.00 Å². The minimum absolute atomic E-state index is 0.0367. The van der Waals surface area contributed by atoms with Crippen molar-refractivity contribution in [1.29, 1.82) is 0 Å². The quantitative estimate of drug-likeness (QED) is 0.425.